The lowest BCUT2D eigenvalue weighted by Gasteiger charge is -2.20. The van der Waals surface area contributed by atoms with Crippen LogP contribution in [0.15, 0.2) is 12.1 Å². The molecule has 1 heterocycles. The van der Waals surface area contributed by atoms with Crippen LogP contribution in [0.1, 0.15) is 33.6 Å². The van der Waals surface area contributed by atoms with E-state index in [-0.39, 0.29) is 6.10 Å². The number of hydrogen-bond donors (Lipinski definition) is 3. The fourth-order valence-electron chi connectivity index (χ4n) is 2.01. The summed E-state index contributed by atoms with van der Waals surface area (Å²) >= 11 is 0. The van der Waals surface area contributed by atoms with Crippen molar-refractivity contribution in [3.63, 3.8) is 0 Å². The molecular weight excluding hydrogens is 242 g/mol. The molecule has 108 valence electrons. The second-order valence-corrected chi connectivity index (χ2v) is 4.55. The lowest BCUT2D eigenvalue weighted by Crippen LogP contribution is -2.28. The Morgan fingerprint density at radius 3 is 2.58 bits per heavy atom. The van der Waals surface area contributed by atoms with Crippen LogP contribution in [0.3, 0.4) is 0 Å². The van der Waals surface area contributed by atoms with Crippen molar-refractivity contribution in [2.75, 3.05) is 24.2 Å². The molecule has 4 N–H and O–H groups in total. The van der Waals surface area contributed by atoms with Gasteiger partial charge in [-0.05, 0) is 25.0 Å². The third-order valence-corrected chi connectivity index (χ3v) is 3.26. The summed E-state index contributed by atoms with van der Waals surface area (Å²) in [6, 6.07) is 3.54. The number of aliphatic hydroxyl groups is 1. The Hall–Kier alpha value is -1.49. The number of hydrogen-bond acceptors (Lipinski definition) is 5. The van der Waals surface area contributed by atoms with Crippen molar-refractivity contribution in [1.29, 1.82) is 0 Å². The van der Waals surface area contributed by atoms with E-state index in [2.05, 4.69) is 24.1 Å². The van der Waals surface area contributed by atoms with E-state index < -0.39 is 0 Å². The van der Waals surface area contributed by atoms with Crippen LogP contribution in [-0.4, -0.2) is 29.3 Å². The molecule has 0 fully saturated rings. The zero-order valence-corrected chi connectivity index (χ0v) is 12.0. The number of aromatic nitrogens is 1. The zero-order valence-electron chi connectivity index (χ0n) is 12.0. The second kappa shape index (κ2) is 7.84. The third-order valence-electron chi connectivity index (χ3n) is 3.26. The maximum absolute atomic E-state index is 10.1. The van der Waals surface area contributed by atoms with Crippen LogP contribution < -0.4 is 15.8 Å². The van der Waals surface area contributed by atoms with E-state index >= 15 is 0 Å². The molecule has 0 aromatic carbocycles. The maximum Gasteiger partial charge on any atom is 0.239 e. The highest BCUT2D eigenvalue weighted by Crippen LogP contribution is 2.21. The van der Waals surface area contributed by atoms with Crippen LogP contribution in [0.5, 0.6) is 5.88 Å². The fourth-order valence-corrected chi connectivity index (χ4v) is 2.01. The van der Waals surface area contributed by atoms with Crippen molar-refractivity contribution in [2.24, 2.45) is 5.92 Å². The largest absolute Gasteiger partial charge is 0.476 e. The smallest absolute Gasteiger partial charge is 0.239 e. The number of nitrogen functional groups attached to an aromatic ring is 1. The molecule has 0 saturated heterocycles. The normalized spacial score (nSPS) is 12.5. The molecular formula is C14H25N3O2. The van der Waals surface area contributed by atoms with Crippen LogP contribution in [0.2, 0.25) is 0 Å². The highest BCUT2D eigenvalue weighted by atomic mass is 16.5. The highest BCUT2D eigenvalue weighted by molar-refractivity contribution is 5.53. The van der Waals surface area contributed by atoms with E-state index in [1.54, 1.807) is 12.1 Å². The van der Waals surface area contributed by atoms with Crippen molar-refractivity contribution in [3.8, 4) is 5.88 Å². The monoisotopic (exact) mass is 267 g/mol. The van der Waals surface area contributed by atoms with Gasteiger partial charge in [-0.2, -0.15) is 4.98 Å². The van der Waals surface area contributed by atoms with E-state index in [1.165, 1.54) is 0 Å². The van der Waals surface area contributed by atoms with Crippen LogP contribution in [0.25, 0.3) is 0 Å². The molecule has 19 heavy (non-hydrogen) atoms. The fraction of sp³-hybridized carbons (Fsp3) is 0.643. The lowest BCUT2D eigenvalue weighted by molar-refractivity contribution is 0.114. The Kier molecular flexibility index (Phi) is 6.42. The van der Waals surface area contributed by atoms with Gasteiger partial charge in [0.1, 0.15) is 5.82 Å². The van der Waals surface area contributed by atoms with Gasteiger partial charge < -0.3 is 20.9 Å². The van der Waals surface area contributed by atoms with Gasteiger partial charge in [-0.1, -0.05) is 26.7 Å². The first-order chi connectivity index (χ1) is 9.12. The van der Waals surface area contributed by atoms with Gasteiger partial charge in [-0.25, -0.2) is 0 Å². The van der Waals surface area contributed by atoms with Gasteiger partial charge in [-0.15, -0.1) is 0 Å². The predicted molar refractivity (Wildman–Crippen MR) is 78.4 cm³/mol. The molecule has 0 spiro atoms. The molecule has 0 saturated carbocycles. The summed E-state index contributed by atoms with van der Waals surface area (Å²) in [7, 11) is 0. The Bertz CT molecular complexity index is 381. The molecule has 0 radical (unpaired) electrons. The van der Waals surface area contributed by atoms with E-state index in [9.17, 15) is 5.11 Å². The number of nitrogens with one attached hydrogen (secondary N) is 1. The zero-order chi connectivity index (χ0) is 14.3. The molecule has 0 bridgehead atoms. The van der Waals surface area contributed by atoms with Crippen molar-refractivity contribution >= 4 is 11.5 Å². The Morgan fingerprint density at radius 2 is 2.00 bits per heavy atom. The molecule has 1 aromatic heterocycles. The highest BCUT2D eigenvalue weighted by Gasteiger charge is 2.15. The summed E-state index contributed by atoms with van der Waals surface area (Å²) in [6.07, 6.45) is 1.57. The minimum absolute atomic E-state index is 0.313. The number of aliphatic hydroxyl groups excluding tert-OH is 1. The van der Waals surface area contributed by atoms with Crippen LogP contribution in [0, 0.1) is 5.92 Å². The Morgan fingerprint density at radius 1 is 1.32 bits per heavy atom. The first kappa shape index (κ1) is 15.6. The van der Waals surface area contributed by atoms with Gasteiger partial charge >= 0.3 is 0 Å². The van der Waals surface area contributed by atoms with Gasteiger partial charge in [0.05, 0.1) is 18.4 Å². The lowest BCUT2D eigenvalue weighted by atomic mass is 9.97. The van der Waals surface area contributed by atoms with Crippen molar-refractivity contribution < 1.29 is 9.84 Å². The molecule has 1 atom stereocenters. The van der Waals surface area contributed by atoms with Gasteiger partial charge in [-0.3, -0.25) is 0 Å². The minimum Gasteiger partial charge on any atom is -0.476 e. The average molecular weight is 267 g/mol. The third kappa shape index (κ3) is 4.59. The molecule has 0 amide bonds. The Balaban J connectivity index is 2.60. The van der Waals surface area contributed by atoms with Crippen LogP contribution >= 0.6 is 0 Å². The average Bonchev–Trinajstić information content (AvgIpc) is 2.41. The maximum atomic E-state index is 10.1. The van der Waals surface area contributed by atoms with Gasteiger partial charge in [0.25, 0.3) is 0 Å². The van der Waals surface area contributed by atoms with E-state index in [1.807, 2.05) is 6.92 Å². The van der Waals surface area contributed by atoms with Crippen molar-refractivity contribution in [1.82, 2.24) is 4.98 Å². The van der Waals surface area contributed by atoms with E-state index in [0.29, 0.717) is 36.5 Å². The summed E-state index contributed by atoms with van der Waals surface area (Å²) in [6.45, 7) is 7.07. The molecule has 0 aliphatic heterocycles. The number of ether oxygens (including phenoxy) is 1. The summed E-state index contributed by atoms with van der Waals surface area (Å²) in [5.74, 6) is 1.42. The molecule has 1 unspecified atom stereocenters. The van der Waals surface area contributed by atoms with Crippen LogP contribution in [-0.2, 0) is 0 Å². The van der Waals surface area contributed by atoms with Gasteiger partial charge in [0.2, 0.25) is 5.88 Å². The molecule has 5 nitrogen and oxygen atoms in total. The topological polar surface area (TPSA) is 80.4 Å². The quantitative estimate of drug-likeness (QED) is 0.673. The van der Waals surface area contributed by atoms with Crippen LogP contribution in [0.4, 0.5) is 11.5 Å². The first-order valence-electron chi connectivity index (χ1n) is 6.93. The molecule has 5 heteroatoms. The second-order valence-electron chi connectivity index (χ2n) is 4.55. The van der Waals surface area contributed by atoms with Gasteiger partial charge in [0.15, 0.2) is 0 Å². The van der Waals surface area contributed by atoms with E-state index in [0.717, 1.165) is 12.8 Å². The summed E-state index contributed by atoms with van der Waals surface area (Å²) in [5, 5.41) is 13.2. The molecule has 1 rings (SSSR count). The first-order valence-corrected chi connectivity index (χ1v) is 6.93. The van der Waals surface area contributed by atoms with E-state index in [4.69, 9.17) is 10.5 Å². The van der Waals surface area contributed by atoms with Crippen molar-refractivity contribution in [3.05, 3.63) is 12.1 Å². The predicted octanol–water partition coefficient (Wildman–Crippen LogP) is 2.27. The molecule has 0 aliphatic rings. The number of rotatable bonds is 8. The summed E-state index contributed by atoms with van der Waals surface area (Å²) < 4.78 is 5.34. The number of pyridine rings is 1. The number of nitrogens with zero attached hydrogens (tertiary/aromatic N) is 1. The Labute approximate surface area is 115 Å². The molecule has 1 aromatic rings. The summed E-state index contributed by atoms with van der Waals surface area (Å²) in [4.78, 5) is 4.28. The standard InChI is InChI=1S/C14H25N3O2/c1-4-10(5-2)12(18)9-16-13-8-7-11(15)14(17-13)19-6-3/h7-8,10,12,18H,4-6,9,15H2,1-3H3,(H,16,17). The minimum atomic E-state index is -0.370. The van der Waals surface area contributed by atoms with Gasteiger partial charge in [0, 0.05) is 6.54 Å². The summed E-state index contributed by atoms with van der Waals surface area (Å²) in [5.41, 5.74) is 6.28. The SMILES string of the molecule is CCOc1nc(NCC(O)C(CC)CC)ccc1N. The number of nitrogens with two attached hydrogens (primary N) is 1. The molecule has 0 aliphatic carbocycles. The van der Waals surface area contributed by atoms with Crippen molar-refractivity contribution in [2.45, 2.75) is 39.7 Å². The number of anilines is 2.